The Hall–Kier alpha value is -16.3. The second-order valence-electron chi connectivity index (χ2n) is 32.8. The standard InChI is InChI=1S/C44H28.C42H27N.C36H23N/c1-3-15-35-29(11-1)13-9-21-37(35)33-25-32(26-34(27-33)38-22-10-14-30-12-2-4-16-36(30)38)31-23-24-43-41-19-6-5-17-39(41)40-18-7-8-20-42(40)44(43)28-31;1-2-10-32(11-3-1)43-41-17-9-8-16-38(41)39-25-23-31(27-42(39)43)29-20-18-28(19-21-29)30-22-24-37-35-14-5-4-12-33(35)34-13-6-7-15-36(34)40(37)26-30;1-2-11-29-27(9-1)28-10-3-4-12-30(28)34-23-25(19-22-31(29)34)24-17-20-26(21-18-24)37-35-15-7-5-13-32(35)33-14-6-8-16-36(33)37/h1-28H;1-27H;1-23H. The van der Waals surface area contributed by atoms with Crippen LogP contribution in [0.5, 0.6) is 0 Å². The van der Waals surface area contributed by atoms with Gasteiger partial charge in [-0.1, -0.05) is 388 Å². The molecule has 2 heteroatoms. The van der Waals surface area contributed by atoms with Gasteiger partial charge >= 0.3 is 0 Å². The predicted octanol–water partition coefficient (Wildman–Crippen LogP) is 33.9. The monoisotopic (exact) mass is 1570 g/mol. The van der Waals surface area contributed by atoms with Gasteiger partial charge in [0.05, 0.1) is 22.1 Å². The first-order chi connectivity index (χ1) is 61.5. The van der Waals surface area contributed by atoms with E-state index in [-0.39, 0.29) is 0 Å². The zero-order valence-corrected chi connectivity index (χ0v) is 67.9. The highest BCUT2D eigenvalue weighted by Crippen LogP contribution is 2.46. The molecule has 24 aromatic carbocycles. The Kier molecular flexibility index (Phi) is 17.3. The van der Waals surface area contributed by atoms with Crippen LogP contribution in [-0.4, -0.2) is 9.13 Å². The number of hydrogen-bond acceptors (Lipinski definition) is 0. The van der Waals surface area contributed by atoms with Crippen LogP contribution in [0.3, 0.4) is 0 Å². The van der Waals surface area contributed by atoms with Crippen molar-refractivity contribution < 1.29 is 0 Å². The van der Waals surface area contributed by atoms with Crippen LogP contribution >= 0.6 is 0 Å². The largest absolute Gasteiger partial charge is 0.309 e. The van der Waals surface area contributed by atoms with Crippen molar-refractivity contribution in [2.75, 3.05) is 0 Å². The molecule has 576 valence electrons. The molecule has 124 heavy (non-hydrogen) atoms. The first kappa shape index (κ1) is 71.8. The molecular weight excluding hydrogens is 1490 g/mol. The molecule has 0 atom stereocenters. The average molecular weight is 1570 g/mol. The van der Waals surface area contributed by atoms with Crippen molar-refractivity contribution in [3.8, 4) is 78.1 Å². The minimum absolute atomic E-state index is 1.18. The van der Waals surface area contributed by atoms with E-state index < -0.39 is 0 Å². The van der Waals surface area contributed by atoms with Crippen molar-refractivity contribution in [3.63, 3.8) is 0 Å². The Morgan fingerprint density at radius 2 is 0.331 bits per heavy atom. The highest BCUT2D eigenvalue weighted by molar-refractivity contribution is 6.29. The summed E-state index contributed by atoms with van der Waals surface area (Å²) in [5.41, 5.74) is 22.0. The summed E-state index contributed by atoms with van der Waals surface area (Å²) in [6.07, 6.45) is 0. The molecule has 2 nitrogen and oxygen atoms in total. The fourth-order valence-electron chi connectivity index (χ4n) is 20.2. The summed E-state index contributed by atoms with van der Waals surface area (Å²) in [5.74, 6) is 0. The van der Waals surface area contributed by atoms with E-state index in [1.807, 2.05) is 0 Å². The minimum atomic E-state index is 1.18. The Morgan fingerprint density at radius 1 is 0.105 bits per heavy atom. The molecule has 0 unspecified atom stereocenters. The van der Waals surface area contributed by atoms with Crippen LogP contribution in [0.2, 0.25) is 0 Å². The third-order valence-electron chi connectivity index (χ3n) is 26.0. The summed E-state index contributed by atoms with van der Waals surface area (Å²) in [7, 11) is 0. The van der Waals surface area contributed by atoms with Gasteiger partial charge in [0.25, 0.3) is 0 Å². The molecular formula is C122H78N2. The Morgan fingerprint density at radius 3 is 0.694 bits per heavy atom. The molecule has 26 rings (SSSR count). The van der Waals surface area contributed by atoms with E-state index in [2.05, 4.69) is 482 Å². The van der Waals surface area contributed by atoms with Crippen molar-refractivity contribution in [3.05, 3.63) is 473 Å². The lowest BCUT2D eigenvalue weighted by atomic mass is 9.88. The number of benzene rings is 24. The summed E-state index contributed by atoms with van der Waals surface area (Å²) in [6.45, 7) is 0. The van der Waals surface area contributed by atoms with Crippen molar-refractivity contribution >= 4 is 162 Å². The zero-order chi connectivity index (χ0) is 81.7. The van der Waals surface area contributed by atoms with E-state index >= 15 is 0 Å². The third kappa shape index (κ3) is 12.2. The van der Waals surface area contributed by atoms with Crippen LogP contribution in [0.1, 0.15) is 0 Å². The van der Waals surface area contributed by atoms with Gasteiger partial charge in [-0.3, -0.25) is 0 Å². The molecule has 0 saturated carbocycles. The van der Waals surface area contributed by atoms with Gasteiger partial charge in [-0.15, -0.1) is 0 Å². The number of nitrogens with zero attached hydrogens (tertiary/aromatic N) is 2. The Labute approximate surface area is 717 Å². The van der Waals surface area contributed by atoms with Gasteiger partial charge in [-0.05, 0) is 270 Å². The van der Waals surface area contributed by atoms with Gasteiger partial charge in [0.2, 0.25) is 0 Å². The summed E-state index contributed by atoms with van der Waals surface area (Å²) in [6, 6.07) is 173. The van der Waals surface area contributed by atoms with Gasteiger partial charge < -0.3 is 9.13 Å². The van der Waals surface area contributed by atoms with Crippen molar-refractivity contribution in [1.29, 1.82) is 0 Å². The molecule has 0 bridgehead atoms. The van der Waals surface area contributed by atoms with E-state index in [1.165, 1.54) is 240 Å². The maximum atomic E-state index is 2.40. The molecule has 0 spiro atoms. The number of rotatable bonds is 8. The summed E-state index contributed by atoms with van der Waals surface area (Å²) in [5, 5.41) is 33.6. The quantitative estimate of drug-likeness (QED) is 0.134. The van der Waals surface area contributed by atoms with Gasteiger partial charge in [-0.2, -0.15) is 0 Å². The molecule has 2 aromatic heterocycles. The topological polar surface area (TPSA) is 9.86 Å². The molecule has 0 aliphatic heterocycles. The SMILES string of the molecule is c1ccc(-n2c3ccccc3c3ccc(-c4ccc(-c5ccc6c7ccccc7c7ccccc7c6c5)cc4)cc32)cc1.c1ccc2c(-c3cc(-c4ccc5c6ccccc6c6ccccc6c5c4)cc(-c4cccc5ccccc45)c3)cccc2c1.c1ccc2c(c1)c1ccccc1c1cc(-c3ccc(-n4c5ccccc5c5ccccc54)cc3)ccc21. The van der Waals surface area contributed by atoms with E-state index in [9.17, 15) is 0 Å². The number of hydrogen-bond donors (Lipinski definition) is 0. The van der Waals surface area contributed by atoms with Crippen molar-refractivity contribution in [2.24, 2.45) is 0 Å². The van der Waals surface area contributed by atoms with E-state index in [1.54, 1.807) is 0 Å². The van der Waals surface area contributed by atoms with Crippen LogP contribution in [0.4, 0.5) is 0 Å². The maximum Gasteiger partial charge on any atom is 0.0547 e. The van der Waals surface area contributed by atoms with Crippen molar-refractivity contribution in [1.82, 2.24) is 9.13 Å². The molecule has 26 aromatic rings. The maximum absolute atomic E-state index is 2.40. The van der Waals surface area contributed by atoms with Gasteiger partial charge in [0, 0.05) is 32.9 Å². The van der Waals surface area contributed by atoms with Gasteiger partial charge in [0.1, 0.15) is 0 Å². The summed E-state index contributed by atoms with van der Waals surface area (Å²) in [4.78, 5) is 0. The molecule has 0 saturated heterocycles. The number of fused-ring (bicyclic) bond motifs is 26. The zero-order valence-electron chi connectivity index (χ0n) is 67.9. The molecule has 0 aliphatic rings. The first-order valence-electron chi connectivity index (χ1n) is 42.9. The van der Waals surface area contributed by atoms with E-state index in [4.69, 9.17) is 0 Å². The van der Waals surface area contributed by atoms with Gasteiger partial charge in [-0.25, -0.2) is 0 Å². The first-order valence-corrected chi connectivity index (χ1v) is 42.9. The summed E-state index contributed by atoms with van der Waals surface area (Å²) >= 11 is 0. The highest BCUT2D eigenvalue weighted by atomic mass is 15.0. The van der Waals surface area contributed by atoms with Crippen LogP contribution < -0.4 is 0 Å². The highest BCUT2D eigenvalue weighted by Gasteiger charge is 2.20. The smallest absolute Gasteiger partial charge is 0.0547 e. The van der Waals surface area contributed by atoms with Crippen LogP contribution in [0, 0.1) is 0 Å². The Balaban J connectivity index is 0.000000105. The Bertz CT molecular complexity index is 8520. The molecule has 0 fully saturated rings. The fourth-order valence-corrected chi connectivity index (χ4v) is 20.2. The lowest BCUT2D eigenvalue weighted by Gasteiger charge is -2.16. The van der Waals surface area contributed by atoms with Crippen LogP contribution in [0.15, 0.2) is 473 Å². The fraction of sp³-hybridized carbons (Fsp3) is 0. The molecule has 0 radical (unpaired) electrons. The minimum Gasteiger partial charge on any atom is -0.309 e. The molecule has 0 aliphatic carbocycles. The third-order valence-corrected chi connectivity index (χ3v) is 26.0. The van der Waals surface area contributed by atoms with E-state index in [0.29, 0.717) is 0 Å². The van der Waals surface area contributed by atoms with Gasteiger partial charge in [0.15, 0.2) is 0 Å². The second kappa shape index (κ2) is 29.9. The van der Waals surface area contributed by atoms with Crippen LogP contribution in [-0.2, 0) is 0 Å². The summed E-state index contributed by atoms with van der Waals surface area (Å²) < 4.78 is 4.75. The normalized spacial score (nSPS) is 11.7. The molecule has 0 amide bonds. The van der Waals surface area contributed by atoms with Crippen molar-refractivity contribution in [2.45, 2.75) is 0 Å². The predicted molar refractivity (Wildman–Crippen MR) is 533 cm³/mol. The lowest BCUT2D eigenvalue weighted by Crippen LogP contribution is -1.93. The number of para-hydroxylation sites is 4. The van der Waals surface area contributed by atoms with Crippen LogP contribution in [0.25, 0.3) is 240 Å². The lowest BCUT2D eigenvalue weighted by molar-refractivity contribution is 1.18. The molecule has 0 N–H and O–H groups in total. The number of aromatic nitrogens is 2. The molecule has 2 heterocycles. The second-order valence-corrected chi connectivity index (χ2v) is 32.8. The van der Waals surface area contributed by atoms with E-state index in [0.717, 1.165) is 0 Å². The average Bonchev–Trinajstić information content (AvgIpc) is 0.968.